The summed E-state index contributed by atoms with van der Waals surface area (Å²) in [6.07, 6.45) is -3.98. The van der Waals surface area contributed by atoms with Gasteiger partial charge in [0, 0.05) is 6.42 Å². The minimum atomic E-state index is -4.53. The molecule has 3 aromatic rings. The highest BCUT2D eigenvalue weighted by Crippen LogP contribution is 2.39. The van der Waals surface area contributed by atoms with Gasteiger partial charge in [-0.15, -0.1) is 0 Å². The molecule has 11 heteroatoms. The molecule has 3 aromatic carbocycles. The van der Waals surface area contributed by atoms with Gasteiger partial charge in [0.05, 0.1) is 24.4 Å². The Kier molecular flexibility index (Phi) is 9.86. The molecular formula is C33H37F3N4O4. The molecule has 4 rings (SSSR count). The van der Waals surface area contributed by atoms with E-state index >= 15 is 0 Å². The monoisotopic (exact) mass is 610 g/mol. The van der Waals surface area contributed by atoms with Crippen molar-refractivity contribution in [2.45, 2.75) is 64.2 Å². The lowest BCUT2D eigenvalue weighted by molar-refractivity contribution is -0.146. The fourth-order valence-electron chi connectivity index (χ4n) is 5.33. The maximum absolute atomic E-state index is 14.2. The van der Waals surface area contributed by atoms with Gasteiger partial charge >= 0.3 is 12.2 Å². The standard InChI is InChI=1S/C33H37F3N4O4/c1-32(2,3)20-29(41)39-40-27(22-14-16-24(17-15-22)33(34,35)36)19-23(21-10-6-5-7-11-21)18-26(30(40)42)38-31(43)37-25-12-8-9-13-28(25)44-4/h5-17,23,26-27H,18-20H2,1-4H3,(H,39,41)(H2,37,38,43). The lowest BCUT2D eigenvalue weighted by atomic mass is 9.86. The van der Waals surface area contributed by atoms with Gasteiger partial charge in [-0.05, 0) is 59.6 Å². The molecule has 3 atom stereocenters. The third kappa shape index (κ3) is 8.30. The maximum Gasteiger partial charge on any atom is 0.416 e. The molecule has 1 aliphatic rings. The second kappa shape index (κ2) is 13.4. The SMILES string of the molecule is COc1ccccc1NC(=O)NC1CC(c2ccccc2)CC(c2ccc(C(F)(F)F)cc2)N(NC(=O)CC(C)(C)C)C1=O. The van der Waals surface area contributed by atoms with E-state index in [1.54, 1.807) is 24.3 Å². The number of urea groups is 1. The number of halogens is 3. The molecule has 3 N–H and O–H groups in total. The first-order valence-corrected chi connectivity index (χ1v) is 14.3. The zero-order chi connectivity index (χ0) is 32.1. The second-order valence-corrected chi connectivity index (χ2v) is 12.0. The van der Waals surface area contributed by atoms with Gasteiger partial charge < -0.3 is 15.4 Å². The molecule has 1 aliphatic heterocycles. The summed E-state index contributed by atoms with van der Waals surface area (Å²) in [5.74, 6) is -0.895. The van der Waals surface area contributed by atoms with Crippen molar-refractivity contribution in [2.75, 3.05) is 12.4 Å². The van der Waals surface area contributed by atoms with E-state index in [9.17, 15) is 27.6 Å². The summed E-state index contributed by atoms with van der Waals surface area (Å²) < 4.78 is 45.4. The van der Waals surface area contributed by atoms with E-state index in [4.69, 9.17) is 4.74 Å². The summed E-state index contributed by atoms with van der Waals surface area (Å²) in [6, 6.07) is 18.2. The molecule has 8 nitrogen and oxygen atoms in total. The number of nitrogens with zero attached hydrogens (tertiary/aromatic N) is 1. The summed E-state index contributed by atoms with van der Waals surface area (Å²) in [4.78, 5) is 40.6. The Morgan fingerprint density at radius 3 is 2.14 bits per heavy atom. The van der Waals surface area contributed by atoms with Crippen LogP contribution in [0.2, 0.25) is 0 Å². The number of hydrogen-bond acceptors (Lipinski definition) is 4. The molecule has 0 radical (unpaired) electrons. The highest BCUT2D eigenvalue weighted by atomic mass is 19.4. The molecule has 0 aliphatic carbocycles. The first kappa shape index (κ1) is 32.4. The van der Waals surface area contributed by atoms with E-state index in [0.717, 1.165) is 17.7 Å². The predicted molar refractivity (Wildman–Crippen MR) is 161 cm³/mol. The van der Waals surface area contributed by atoms with E-state index in [0.29, 0.717) is 17.0 Å². The Bertz CT molecular complexity index is 1460. The number of benzene rings is 3. The largest absolute Gasteiger partial charge is 0.495 e. The molecule has 3 unspecified atom stereocenters. The van der Waals surface area contributed by atoms with Crippen molar-refractivity contribution in [1.82, 2.24) is 15.8 Å². The van der Waals surface area contributed by atoms with Crippen LogP contribution in [-0.4, -0.2) is 36.0 Å². The lowest BCUT2D eigenvalue weighted by Gasteiger charge is -2.33. The molecule has 0 aromatic heterocycles. The van der Waals surface area contributed by atoms with Crippen LogP contribution >= 0.6 is 0 Å². The van der Waals surface area contributed by atoms with Crippen molar-refractivity contribution in [2.24, 2.45) is 5.41 Å². The molecule has 1 heterocycles. The summed E-state index contributed by atoms with van der Waals surface area (Å²) in [5, 5.41) is 6.65. The van der Waals surface area contributed by atoms with Crippen LogP contribution in [0.25, 0.3) is 0 Å². The number of ether oxygens (including phenoxy) is 1. The van der Waals surface area contributed by atoms with Crippen molar-refractivity contribution in [3.8, 4) is 5.75 Å². The molecule has 1 fully saturated rings. The minimum Gasteiger partial charge on any atom is -0.495 e. The van der Waals surface area contributed by atoms with Gasteiger partial charge in [0.2, 0.25) is 5.91 Å². The van der Waals surface area contributed by atoms with Crippen LogP contribution in [0.15, 0.2) is 78.9 Å². The van der Waals surface area contributed by atoms with E-state index in [2.05, 4.69) is 16.1 Å². The van der Waals surface area contributed by atoms with Gasteiger partial charge in [-0.25, -0.2) is 9.80 Å². The van der Waals surface area contributed by atoms with E-state index in [-0.39, 0.29) is 25.2 Å². The van der Waals surface area contributed by atoms with Crippen LogP contribution in [0.3, 0.4) is 0 Å². The maximum atomic E-state index is 14.2. The number of amides is 4. The van der Waals surface area contributed by atoms with Crippen LogP contribution < -0.4 is 20.8 Å². The zero-order valence-corrected chi connectivity index (χ0v) is 25.1. The molecule has 1 saturated heterocycles. The van der Waals surface area contributed by atoms with E-state index < -0.39 is 47.1 Å². The van der Waals surface area contributed by atoms with Gasteiger partial charge in [0.1, 0.15) is 11.8 Å². The van der Waals surface area contributed by atoms with Crippen molar-refractivity contribution in [3.05, 3.63) is 95.6 Å². The number of rotatable bonds is 7. The van der Waals surface area contributed by atoms with Crippen molar-refractivity contribution in [3.63, 3.8) is 0 Å². The third-order valence-electron chi connectivity index (χ3n) is 7.37. The van der Waals surface area contributed by atoms with Crippen molar-refractivity contribution >= 4 is 23.5 Å². The van der Waals surface area contributed by atoms with Crippen molar-refractivity contribution < 1.29 is 32.3 Å². The van der Waals surface area contributed by atoms with E-state index in [1.165, 1.54) is 24.3 Å². The number of alkyl halides is 3. The molecule has 0 spiro atoms. The van der Waals surface area contributed by atoms with E-state index in [1.807, 2.05) is 51.1 Å². The number of hydrogen-bond donors (Lipinski definition) is 3. The second-order valence-electron chi connectivity index (χ2n) is 12.0. The highest BCUT2D eigenvalue weighted by molar-refractivity contribution is 5.95. The molecule has 44 heavy (non-hydrogen) atoms. The molecule has 0 saturated carbocycles. The average Bonchev–Trinajstić information content (AvgIpc) is 3.09. The molecule has 4 amide bonds. The molecule has 234 valence electrons. The number of nitrogens with one attached hydrogen (secondary N) is 3. The number of carbonyl (C=O) groups is 3. The Labute approximate surface area is 254 Å². The number of methoxy groups -OCH3 is 1. The fraction of sp³-hybridized carbons (Fsp3) is 0.364. The number of carbonyl (C=O) groups excluding carboxylic acids is 3. The average molecular weight is 611 g/mol. The number of anilines is 1. The van der Waals surface area contributed by atoms with Gasteiger partial charge in [-0.1, -0.05) is 75.4 Å². The van der Waals surface area contributed by atoms with Gasteiger partial charge in [0.25, 0.3) is 5.91 Å². The van der Waals surface area contributed by atoms with Gasteiger partial charge in [0.15, 0.2) is 0 Å². The smallest absolute Gasteiger partial charge is 0.416 e. The first-order valence-electron chi connectivity index (χ1n) is 14.3. The summed E-state index contributed by atoms with van der Waals surface area (Å²) in [6.45, 7) is 5.63. The van der Waals surface area contributed by atoms with Crippen LogP contribution in [-0.2, 0) is 15.8 Å². The number of para-hydroxylation sites is 2. The van der Waals surface area contributed by atoms with Crippen molar-refractivity contribution in [1.29, 1.82) is 0 Å². The van der Waals surface area contributed by atoms with Crippen LogP contribution in [0, 0.1) is 5.41 Å². The summed E-state index contributed by atoms with van der Waals surface area (Å²) in [5.41, 5.74) is 3.21. The van der Waals surface area contributed by atoms with Gasteiger partial charge in [-0.3, -0.25) is 15.0 Å². The highest BCUT2D eigenvalue weighted by Gasteiger charge is 2.41. The normalized spacial score (nSPS) is 19.1. The zero-order valence-electron chi connectivity index (χ0n) is 25.1. The van der Waals surface area contributed by atoms with Crippen LogP contribution in [0.4, 0.5) is 23.7 Å². The third-order valence-corrected chi connectivity index (χ3v) is 7.37. The van der Waals surface area contributed by atoms with Crippen LogP contribution in [0.1, 0.15) is 68.7 Å². The fourth-order valence-corrected chi connectivity index (χ4v) is 5.33. The Hall–Kier alpha value is -4.54. The first-order chi connectivity index (χ1) is 20.7. The number of hydrazine groups is 1. The van der Waals surface area contributed by atoms with Crippen LogP contribution in [0.5, 0.6) is 5.75 Å². The topological polar surface area (TPSA) is 99.8 Å². The molecular weight excluding hydrogens is 573 g/mol. The lowest BCUT2D eigenvalue weighted by Crippen LogP contribution is -2.55. The molecule has 0 bridgehead atoms. The summed E-state index contributed by atoms with van der Waals surface area (Å²) >= 11 is 0. The Morgan fingerprint density at radius 2 is 1.52 bits per heavy atom. The Morgan fingerprint density at radius 1 is 0.886 bits per heavy atom. The Balaban J connectivity index is 1.73. The van der Waals surface area contributed by atoms with Gasteiger partial charge in [-0.2, -0.15) is 13.2 Å². The minimum absolute atomic E-state index is 0.0883. The summed E-state index contributed by atoms with van der Waals surface area (Å²) in [7, 11) is 1.47. The quantitative estimate of drug-likeness (QED) is 0.273. The predicted octanol–water partition coefficient (Wildman–Crippen LogP) is 6.82.